The third-order valence-corrected chi connectivity index (χ3v) is 5.28. The highest BCUT2D eigenvalue weighted by atomic mass is 16.7. The summed E-state index contributed by atoms with van der Waals surface area (Å²) in [6.07, 6.45) is 0.787. The number of nitrogens with zero attached hydrogens (tertiary/aromatic N) is 2. The van der Waals surface area contributed by atoms with Crippen molar-refractivity contribution in [1.82, 2.24) is 0 Å². The van der Waals surface area contributed by atoms with E-state index in [1.807, 2.05) is 18.2 Å². The lowest BCUT2D eigenvalue weighted by Gasteiger charge is -2.40. The highest BCUT2D eigenvalue weighted by molar-refractivity contribution is 6.02. The fourth-order valence-corrected chi connectivity index (χ4v) is 3.84. The zero-order valence-electron chi connectivity index (χ0n) is 13.2. The van der Waals surface area contributed by atoms with Gasteiger partial charge in [0.25, 0.3) is 0 Å². The van der Waals surface area contributed by atoms with Gasteiger partial charge in [-0.15, -0.1) is 0 Å². The molecule has 0 radical (unpaired) electrons. The summed E-state index contributed by atoms with van der Waals surface area (Å²) in [7, 11) is 2.11. The van der Waals surface area contributed by atoms with Gasteiger partial charge in [-0.05, 0) is 31.0 Å². The van der Waals surface area contributed by atoms with Crippen molar-refractivity contribution in [2.24, 2.45) is 5.16 Å². The van der Waals surface area contributed by atoms with E-state index in [1.54, 1.807) is 0 Å². The minimum absolute atomic E-state index is 0.127. The van der Waals surface area contributed by atoms with Gasteiger partial charge in [-0.3, -0.25) is 0 Å². The Kier molecular flexibility index (Phi) is 2.65. The number of anilines is 1. The molecule has 0 amide bonds. The van der Waals surface area contributed by atoms with E-state index in [4.69, 9.17) is 4.84 Å². The Labute approximate surface area is 131 Å². The molecule has 0 saturated carbocycles. The summed E-state index contributed by atoms with van der Waals surface area (Å²) in [5.41, 5.74) is 4.15. The van der Waals surface area contributed by atoms with Gasteiger partial charge in [-0.1, -0.05) is 53.7 Å². The van der Waals surface area contributed by atoms with Gasteiger partial charge >= 0.3 is 0 Å². The molecule has 0 bridgehead atoms. The molecule has 0 saturated heterocycles. The summed E-state index contributed by atoms with van der Waals surface area (Å²) in [4.78, 5) is 8.34. The third kappa shape index (κ3) is 1.54. The maximum absolute atomic E-state index is 6.09. The summed E-state index contributed by atoms with van der Waals surface area (Å²) >= 11 is 0. The van der Waals surface area contributed by atoms with E-state index >= 15 is 0 Å². The monoisotopic (exact) mass is 292 g/mol. The van der Waals surface area contributed by atoms with Crippen molar-refractivity contribution in [2.45, 2.75) is 31.4 Å². The largest absolute Gasteiger partial charge is 0.366 e. The van der Waals surface area contributed by atoms with Gasteiger partial charge in [-0.2, -0.15) is 0 Å². The fraction of sp³-hybridized carbons (Fsp3) is 0.316. The molecule has 0 aliphatic carbocycles. The summed E-state index contributed by atoms with van der Waals surface area (Å²) in [5.74, 6) is 0. The molecule has 2 aliphatic heterocycles. The Balaban J connectivity index is 1.76. The van der Waals surface area contributed by atoms with Crippen LogP contribution in [-0.4, -0.2) is 18.5 Å². The van der Waals surface area contributed by atoms with Crippen LogP contribution in [0.2, 0.25) is 0 Å². The lowest BCUT2D eigenvalue weighted by molar-refractivity contribution is -0.0591. The quantitative estimate of drug-likeness (QED) is 0.795. The fourth-order valence-electron chi connectivity index (χ4n) is 3.84. The number of hydrogen-bond acceptors (Lipinski definition) is 3. The SMILES string of the molecule is CN1c2ccccc2C(C)(C)[C@]12CC(c1ccccc1)=NO2. The maximum Gasteiger partial charge on any atom is 0.224 e. The van der Waals surface area contributed by atoms with Crippen molar-refractivity contribution in [2.75, 3.05) is 11.9 Å². The Morgan fingerprint density at radius 2 is 1.68 bits per heavy atom. The number of likely N-dealkylation sites (N-methyl/N-ethyl adjacent to an activating group) is 1. The van der Waals surface area contributed by atoms with E-state index < -0.39 is 5.72 Å². The molecule has 3 nitrogen and oxygen atoms in total. The molecular weight excluding hydrogens is 272 g/mol. The van der Waals surface area contributed by atoms with Gasteiger partial charge in [0.15, 0.2) is 0 Å². The number of hydrogen-bond donors (Lipinski definition) is 0. The van der Waals surface area contributed by atoms with E-state index in [-0.39, 0.29) is 5.41 Å². The number of fused-ring (bicyclic) bond motifs is 1. The highest BCUT2D eigenvalue weighted by Gasteiger charge is 2.61. The topological polar surface area (TPSA) is 24.8 Å². The zero-order chi connectivity index (χ0) is 15.4. The summed E-state index contributed by atoms with van der Waals surface area (Å²) in [5, 5.41) is 4.45. The minimum atomic E-state index is -0.443. The average molecular weight is 292 g/mol. The van der Waals surface area contributed by atoms with Crippen molar-refractivity contribution in [1.29, 1.82) is 0 Å². The standard InChI is InChI=1S/C19H20N2O/c1-18(2)15-11-7-8-12-17(15)21(3)19(18)13-16(20-22-19)14-9-5-4-6-10-14/h4-12H,13H2,1-3H3/t19-/m1/s1. The van der Waals surface area contributed by atoms with Crippen LogP contribution in [0.15, 0.2) is 59.8 Å². The first-order valence-electron chi connectivity index (χ1n) is 7.70. The Bertz CT molecular complexity index is 751. The van der Waals surface area contributed by atoms with E-state index in [2.05, 4.69) is 67.3 Å². The van der Waals surface area contributed by atoms with Crippen molar-refractivity contribution in [3.8, 4) is 0 Å². The predicted molar refractivity (Wildman–Crippen MR) is 89.3 cm³/mol. The second-order valence-corrected chi connectivity index (χ2v) is 6.66. The van der Waals surface area contributed by atoms with Crippen LogP contribution in [0, 0.1) is 0 Å². The first kappa shape index (κ1) is 13.4. The smallest absolute Gasteiger partial charge is 0.224 e. The number of para-hydroxylation sites is 1. The summed E-state index contributed by atoms with van der Waals surface area (Å²) in [6, 6.07) is 18.8. The second kappa shape index (κ2) is 4.35. The van der Waals surface area contributed by atoms with Crippen LogP contribution in [0.1, 0.15) is 31.4 Å². The molecule has 4 rings (SSSR count). The molecule has 0 fully saturated rings. The van der Waals surface area contributed by atoms with Gasteiger partial charge < -0.3 is 9.74 Å². The molecular formula is C19H20N2O. The van der Waals surface area contributed by atoms with Crippen LogP contribution < -0.4 is 4.90 Å². The molecule has 22 heavy (non-hydrogen) atoms. The van der Waals surface area contributed by atoms with Crippen LogP contribution in [0.25, 0.3) is 0 Å². The van der Waals surface area contributed by atoms with Crippen molar-refractivity contribution in [3.63, 3.8) is 0 Å². The van der Waals surface area contributed by atoms with Gasteiger partial charge in [0, 0.05) is 12.7 Å². The Morgan fingerprint density at radius 1 is 1.00 bits per heavy atom. The van der Waals surface area contributed by atoms with E-state index in [9.17, 15) is 0 Å². The normalized spacial score (nSPS) is 25.0. The molecule has 2 aromatic rings. The van der Waals surface area contributed by atoms with Crippen LogP contribution in [0.4, 0.5) is 5.69 Å². The highest BCUT2D eigenvalue weighted by Crippen LogP contribution is 2.55. The third-order valence-electron chi connectivity index (χ3n) is 5.28. The van der Waals surface area contributed by atoms with E-state index in [0.29, 0.717) is 0 Å². The summed E-state index contributed by atoms with van der Waals surface area (Å²) in [6.45, 7) is 4.50. The lowest BCUT2D eigenvalue weighted by Crippen LogP contribution is -2.54. The van der Waals surface area contributed by atoms with Crippen LogP contribution in [-0.2, 0) is 10.3 Å². The molecule has 1 spiro atoms. The molecule has 0 unspecified atom stereocenters. The molecule has 2 heterocycles. The molecule has 0 aromatic heterocycles. The molecule has 112 valence electrons. The maximum atomic E-state index is 6.09. The van der Waals surface area contributed by atoms with E-state index in [0.717, 1.165) is 17.7 Å². The first-order chi connectivity index (χ1) is 10.6. The molecule has 2 aromatic carbocycles. The van der Waals surface area contributed by atoms with Crippen LogP contribution >= 0.6 is 0 Å². The van der Waals surface area contributed by atoms with Crippen molar-refractivity contribution >= 4 is 11.4 Å². The number of benzene rings is 2. The molecule has 2 aliphatic rings. The predicted octanol–water partition coefficient (Wildman–Crippen LogP) is 3.93. The molecule has 1 atom stereocenters. The van der Waals surface area contributed by atoms with Gasteiger partial charge in [-0.25, -0.2) is 0 Å². The van der Waals surface area contributed by atoms with Gasteiger partial charge in [0.1, 0.15) is 0 Å². The molecule has 0 N–H and O–H groups in total. The first-order valence-corrected chi connectivity index (χ1v) is 7.70. The van der Waals surface area contributed by atoms with Gasteiger partial charge in [0.05, 0.1) is 17.5 Å². The van der Waals surface area contributed by atoms with Crippen molar-refractivity contribution < 1.29 is 4.84 Å². The number of rotatable bonds is 1. The minimum Gasteiger partial charge on any atom is -0.366 e. The van der Waals surface area contributed by atoms with E-state index in [1.165, 1.54) is 11.3 Å². The van der Waals surface area contributed by atoms with Crippen LogP contribution in [0.3, 0.4) is 0 Å². The van der Waals surface area contributed by atoms with Gasteiger partial charge in [0.2, 0.25) is 5.72 Å². The Morgan fingerprint density at radius 3 is 2.41 bits per heavy atom. The molecule has 3 heteroatoms. The average Bonchev–Trinajstić information content (AvgIpc) is 3.07. The zero-order valence-corrected chi connectivity index (χ0v) is 13.2. The summed E-state index contributed by atoms with van der Waals surface area (Å²) < 4.78 is 0. The number of oxime groups is 1. The lowest BCUT2D eigenvalue weighted by atomic mass is 9.75. The van der Waals surface area contributed by atoms with Crippen LogP contribution in [0.5, 0.6) is 0 Å². The van der Waals surface area contributed by atoms with Crippen molar-refractivity contribution in [3.05, 3.63) is 65.7 Å². The Hall–Kier alpha value is -2.29. The second-order valence-electron chi connectivity index (χ2n) is 6.66.